The summed E-state index contributed by atoms with van der Waals surface area (Å²) in [6.07, 6.45) is 6.70. The zero-order chi connectivity index (χ0) is 9.56. The quantitative estimate of drug-likeness (QED) is 0.552. The minimum absolute atomic E-state index is 0.333. The van der Waals surface area contributed by atoms with Crippen molar-refractivity contribution in [1.82, 2.24) is 0 Å². The van der Waals surface area contributed by atoms with Crippen molar-refractivity contribution in [3.63, 3.8) is 0 Å². The van der Waals surface area contributed by atoms with E-state index in [0.717, 1.165) is 5.57 Å². The fourth-order valence-corrected chi connectivity index (χ4v) is 0.571. The van der Waals surface area contributed by atoms with Crippen LogP contribution in [0.1, 0.15) is 6.92 Å². The van der Waals surface area contributed by atoms with E-state index in [-0.39, 0.29) is 5.91 Å². The van der Waals surface area contributed by atoms with Crippen LogP contribution >= 0.6 is 0 Å². The highest BCUT2D eigenvalue weighted by Crippen LogP contribution is 2.07. The van der Waals surface area contributed by atoms with E-state index in [4.69, 9.17) is 5.11 Å². The van der Waals surface area contributed by atoms with E-state index in [2.05, 4.69) is 12.3 Å². The summed E-state index contributed by atoms with van der Waals surface area (Å²) in [6.45, 7) is 4.91. The van der Waals surface area contributed by atoms with Crippen LogP contribution in [0.3, 0.4) is 0 Å². The lowest BCUT2D eigenvalue weighted by Crippen LogP contribution is -2.04. The van der Waals surface area contributed by atoms with Crippen LogP contribution in [-0.4, -0.2) is 17.1 Å². The maximum absolute atomic E-state index is 9.22. The van der Waals surface area contributed by atoms with Gasteiger partial charge in [0.2, 0.25) is 5.91 Å². The summed E-state index contributed by atoms with van der Waals surface area (Å²) >= 11 is 0. The van der Waals surface area contributed by atoms with Gasteiger partial charge in [-0.05, 0) is 5.57 Å². The molecular weight excluding hydrogens is 154 g/mol. The smallest absolute Gasteiger partial charge is 0.214 e. The van der Waals surface area contributed by atoms with Crippen LogP contribution in [0.2, 0.25) is 0 Å². The minimum Gasteiger partial charge on any atom is -0.384 e. The Balaban J connectivity index is 0.000000261. The first-order chi connectivity index (χ1) is 5.54. The Bertz CT molecular complexity index is 225. The zero-order valence-electron chi connectivity index (χ0n) is 7.03. The lowest BCUT2D eigenvalue weighted by atomic mass is 10.1. The van der Waals surface area contributed by atoms with Crippen LogP contribution < -0.4 is 5.73 Å². The molecule has 1 amide bonds. The van der Waals surface area contributed by atoms with Crippen molar-refractivity contribution in [1.29, 1.82) is 0 Å². The molecule has 1 unspecified atom stereocenters. The first-order valence-electron chi connectivity index (χ1n) is 3.52. The summed E-state index contributed by atoms with van der Waals surface area (Å²) in [5.41, 5.74) is 5.23. The van der Waals surface area contributed by atoms with Gasteiger partial charge < -0.3 is 10.8 Å². The summed E-state index contributed by atoms with van der Waals surface area (Å²) in [6, 6.07) is 0. The molecule has 3 heteroatoms. The largest absolute Gasteiger partial charge is 0.384 e. The third-order valence-corrected chi connectivity index (χ3v) is 1.09. The number of nitrogens with two attached hydrogens (primary N) is 1. The lowest BCUT2D eigenvalue weighted by Gasteiger charge is -2.06. The number of aliphatic hydroxyl groups is 1. The number of hydrogen-bond donors (Lipinski definition) is 2. The molecule has 0 heterocycles. The Kier molecular flexibility index (Phi) is 4.72. The van der Waals surface area contributed by atoms with Crippen molar-refractivity contribution in [3.8, 4) is 0 Å². The second-order valence-corrected chi connectivity index (χ2v) is 2.37. The standard InChI is InChI=1S/C7H8O.C2H5NO/c1-6-4-2-3-5-7(6)8;1-2(3)4/h2-5,7-8H,1H2;1H3,(H2,3,4). The van der Waals surface area contributed by atoms with Crippen molar-refractivity contribution in [3.05, 3.63) is 36.5 Å². The molecule has 0 aromatic rings. The fourth-order valence-electron chi connectivity index (χ4n) is 0.571. The molecule has 0 saturated heterocycles. The summed E-state index contributed by atoms with van der Waals surface area (Å²) in [4.78, 5) is 9.22. The fraction of sp³-hybridized carbons (Fsp3) is 0.222. The normalized spacial score (nSPS) is 19.8. The average molecular weight is 167 g/mol. The molecule has 66 valence electrons. The van der Waals surface area contributed by atoms with Crippen molar-refractivity contribution in [2.75, 3.05) is 0 Å². The van der Waals surface area contributed by atoms with Crippen LogP contribution in [0.5, 0.6) is 0 Å². The predicted octanol–water partition coefficient (Wildman–Crippen LogP) is 0.521. The molecule has 1 atom stereocenters. The van der Waals surface area contributed by atoms with E-state index in [9.17, 15) is 4.79 Å². The van der Waals surface area contributed by atoms with Gasteiger partial charge in [-0.3, -0.25) is 4.79 Å². The Morgan fingerprint density at radius 1 is 1.67 bits per heavy atom. The van der Waals surface area contributed by atoms with Gasteiger partial charge in [0.25, 0.3) is 0 Å². The molecule has 0 saturated carbocycles. The number of hydrogen-bond acceptors (Lipinski definition) is 2. The van der Waals surface area contributed by atoms with Crippen molar-refractivity contribution >= 4 is 5.91 Å². The van der Waals surface area contributed by atoms with Crippen LogP contribution in [0.4, 0.5) is 0 Å². The molecule has 0 fully saturated rings. The number of carbonyl (C=O) groups is 1. The van der Waals surface area contributed by atoms with Crippen LogP contribution in [0.15, 0.2) is 36.5 Å². The van der Waals surface area contributed by atoms with Gasteiger partial charge in [0.15, 0.2) is 0 Å². The minimum atomic E-state index is -0.458. The first kappa shape index (κ1) is 10.7. The highest BCUT2D eigenvalue weighted by molar-refractivity contribution is 5.70. The highest BCUT2D eigenvalue weighted by atomic mass is 16.3. The number of primary amides is 1. The van der Waals surface area contributed by atoms with Gasteiger partial charge in [-0.25, -0.2) is 0 Å². The molecule has 0 aliphatic heterocycles. The second-order valence-electron chi connectivity index (χ2n) is 2.37. The number of rotatable bonds is 0. The predicted molar refractivity (Wildman–Crippen MR) is 48.3 cm³/mol. The van der Waals surface area contributed by atoms with Gasteiger partial charge in [-0.2, -0.15) is 0 Å². The van der Waals surface area contributed by atoms with E-state index >= 15 is 0 Å². The van der Waals surface area contributed by atoms with E-state index in [1.54, 1.807) is 18.2 Å². The average Bonchev–Trinajstić information content (AvgIpc) is 1.94. The third-order valence-electron chi connectivity index (χ3n) is 1.09. The van der Waals surface area contributed by atoms with Crippen LogP contribution in [0, 0.1) is 0 Å². The Morgan fingerprint density at radius 2 is 2.17 bits per heavy atom. The summed E-state index contributed by atoms with van der Waals surface area (Å²) in [5.74, 6) is -0.333. The Morgan fingerprint density at radius 3 is 2.42 bits per heavy atom. The molecule has 0 spiro atoms. The topological polar surface area (TPSA) is 63.3 Å². The van der Waals surface area contributed by atoms with Crippen LogP contribution in [0.25, 0.3) is 0 Å². The molecule has 1 aliphatic carbocycles. The van der Waals surface area contributed by atoms with Gasteiger partial charge in [-0.15, -0.1) is 0 Å². The molecule has 0 radical (unpaired) electrons. The molecule has 3 N–H and O–H groups in total. The monoisotopic (exact) mass is 167 g/mol. The van der Waals surface area contributed by atoms with Gasteiger partial charge in [0, 0.05) is 6.92 Å². The number of amides is 1. The van der Waals surface area contributed by atoms with Crippen molar-refractivity contribution in [2.45, 2.75) is 13.0 Å². The summed E-state index contributed by atoms with van der Waals surface area (Å²) in [5, 5.41) is 8.94. The first-order valence-corrected chi connectivity index (χ1v) is 3.52. The molecule has 3 nitrogen and oxygen atoms in total. The summed E-state index contributed by atoms with van der Waals surface area (Å²) in [7, 11) is 0. The van der Waals surface area contributed by atoms with Gasteiger partial charge in [0.05, 0.1) is 6.10 Å². The molecule has 12 heavy (non-hydrogen) atoms. The number of aliphatic hydroxyl groups excluding tert-OH is 1. The Hall–Kier alpha value is -1.35. The van der Waals surface area contributed by atoms with Crippen LogP contribution in [-0.2, 0) is 4.79 Å². The molecule has 1 rings (SSSR count). The molecule has 0 bridgehead atoms. The summed E-state index contributed by atoms with van der Waals surface area (Å²) < 4.78 is 0. The highest BCUT2D eigenvalue weighted by Gasteiger charge is 2.01. The SMILES string of the molecule is C=C1C=CC=CC1O.CC(N)=O. The van der Waals surface area contributed by atoms with E-state index in [1.807, 2.05) is 6.08 Å². The second kappa shape index (κ2) is 5.32. The molecule has 0 aromatic heterocycles. The van der Waals surface area contributed by atoms with E-state index in [1.165, 1.54) is 6.92 Å². The van der Waals surface area contributed by atoms with E-state index < -0.39 is 6.10 Å². The zero-order valence-corrected chi connectivity index (χ0v) is 7.03. The maximum atomic E-state index is 9.22. The van der Waals surface area contributed by atoms with Gasteiger partial charge in [0.1, 0.15) is 0 Å². The molecule has 1 aliphatic rings. The Labute approximate surface area is 71.9 Å². The number of allylic oxidation sites excluding steroid dienone is 2. The van der Waals surface area contributed by atoms with E-state index in [0.29, 0.717) is 0 Å². The molecular formula is C9H13NO2. The number of carbonyl (C=O) groups excluding carboxylic acids is 1. The lowest BCUT2D eigenvalue weighted by molar-refractivity contribution is -0.115. The maximum Gasteiger partial charge on any atom is 0.214 e. The third kappa shape index (κ3) is 5.44. The van der Waals surface area contributed by atoms with Crippen molar-refractivity contribution in [2.24, 2.45) is 5.73 Å². The van der Waals surface area contributed by atoms with Crippen molar-refractivity contribution < 1.29 is 9.90 Å². The molecule has 0 aromatic carbocycles. The van der Waals surface area contributed by atoms with Gasteiger partial charge in [-0.1, -0.05) is 30.9 Å². The van der Waals surface area contributed by atoms with Gasteiger partial charge >= 0.3 is 0 Å².